The van der Waals surface area contributed by atoms with E-state index in [4.69, 9.17) is 4.99 Å². The molecule has 2 heterocycles. The van der Waals surface area contributed by atoms with Crippen molar-refractivity contribution in [3.05, 3.63) is 42.5 Å². The molecular weight excluding hydrogens is 451 g/mol. The SMILES string of the molecule is CCNC(=NCc1ccc(-n2cncn2)cc1)N1CCC2(CCCC2)C1.I. The average molecular weight is 480 g/mol. The molecule has 4 rings (SSSR count). The maximum absolute atomic E-state index is 4.91. The van der Waals surface area contributed by atoms with Crippen LogP contribution in [0.1, 0.15) is 44.6 Å². The van der Waals surface area contributed by atoms with Crippen LogP contribution in [0.5, 0.6) is 0 Å². The third-order valence-electron chi connectivity index (χ3n) is 5.77. The number of benzene rings is 1. The Hall–Kier alpha value is -1.64. The zero-order valence-electron chi connectivity index (χ0n) is 16.0. The summed E-state index contributed by atoms with van der Waals surface area (Å²) in [5.74, 6) is 1.07. The Balaban J connectivity index is 0.00000210. The van der Waals surface area contributed by atoms with Crippen molar-refractivity contribution in [3.8, 4) is 5.69 Å². The lowest BCUT2D eigenvalue weighted by Crippen LogP contribution is -2.41. The van der Waals surface area contributed by atoms with Crippen LogP contribution in [0, 0.1) is 5.41 Å². The number of halogens is 1. The van der Waals surface area contributed by atoms with Crippen molar-refractivity contribution < 1.29 is 0 Å². The zero-order chi connectivity index (χ0) is 17.8. The lowest BCUT2D eigenvalue weighted by atomic mass is 9.86. The lowest BCUT2D eigenvalue weighted by molar-refractivity contribution is 0.309. The Morgan fingerprint density at radius 1 is 1.19 bits per heavy atom. The standard InChI is InChI=1S/C20H28N6.HI/c1-2-22-19(25-12-11-20(14-25)9-3-4-10-20)23-13-17-5-7-18(8-6-17)26-16-21-15-24-26;/h5-8,15-16H,2-4,9-14H2,1H3,(H,22,23);1H. The second-order valence-electron chi connectivity index (χ2n) is 7.56. The molecule has 1 aliphatic carbocycles. The van der Waals surface area contributed by atoms with Gasteiger partial charge in [-0.15, -0.1) is 24.0 Å². The molecule has 6 nitrogen and oxygen atoms in total. The molecule has 1 aromatic heterocycles. The third kappa shape index (κ3) is 4.62. The number of guanidine groups is 1. The first-order valence-electron chi connectivity index (χ1n) is 9.75. The van der Waals surface area contributed by atoms with Crippen LogP contribution in [0.15, 0.2) is 41.9 Å². The second kappa shape index (κ2) is 9.03. The number of hydrogen-bond donors (Lipinski definition) is 1. The van der Waals surface area contributed by atoms with Crippen molar-refractivity contribution >= 4 is 29.9 Å². The summed E-state index contributed by atoms with van der Waals surface area (Å²) in [6, 6.07) is 8.37. The van der Waals surface area contributed by atoms with Gasteiger partial charge in [-0.3, -0.25) is 0 Å². The summed E-state index contributed by atoms with van der Waals surface area (Å²) in [6.07, 6.45) is 10.2. The number of hydrogen-bond acceptors (Lipinski definition) is 3. The summed E-state index contributed by atoms with van der Waals surface area (Å²) >= 11 is 0. The molecule has 1 spiro atoms. The predicted octanol–water partition coefficient (Wildman–Crippen LogP) is 3.62. The monoisotopic (exact) mass is 480 g/mol. The predicted molar refractivity (Wildman–Crippen MR) is 119 cm³/mol. The number of rotatable bonds is 4. The van der Waals surface area contributed by atoms with Crippen molar-refractivity contribution in [3.63, 3.8) is 0 Å². The molecule has 1 aliphatic heterocycles. The van der Waals surface area contributed by atoms with Crippen LogP contribution < -0.4 is 5.32 Å². The summed E-state index contributed by atoms with van der Waals surface area (Å²) in [6.45, 7) is 6.06. The first-order chi connectivity index (χ1) is 12.8. The van der Waals surface area contributed by atoms with Gasteiger partial charge in [0.05, 0.1) is 12.2 Å². The molecule has 7 heteroatoms. The fourth-order valence-corrected chi connectivity index (χ4v) is 4.34. The molecule has 0 radical (unpaired) electrons. The first kappa shape index (κ1) is 20.1. The molecule has 0 amide bonds. The fraction of sp³-hybridized carbons (Fsp3) is 0.550. The van der Waals surface area contributed by atoms with Crippen LogP contribution in [0.2, 0.25) is 0 Å². The van der Waals surface area contributed by atoms with Crippen LogP contribution in [0.4, 0.5) is 0 Å². The minimum atomic E-state index is 0. The Bertz CT molecular complexity index is 734. The van der Waals surface area contributed by atoms with Gasteiger partial charge in [-0.05, 0) is 49.3 Å². The summed E-state index contributed by atoms with van der Waals surface area (Å²) in [5.41, 5.74) is 2.79. The van der Waals surface area contributed by atoms with E-state index in [2.05, 4.69) is 51.5 Å². The third-order valence-corrected chi connectivity index (χ3v) is 5.77. The smallest absolute Gasteiger partial charge is 0.194 e. The normalized spacial score (nSPS) is 18.7. The van der Waals surface area contributed by atoms with Gasteiger partial charge in [0.2, 0.25) is 0 Å². The van der Waals surface area contributed by atoms with Gasteiger partial charge in [0.15, 0.2) is 5.96 Å². The Labute approximate surface area is 178 Å². The molecular formula is C20H29IN6. The van der Waals surface area contributed by atoms with Crippen LogP contribution >= 0.6 is 24.0 Å². The second-order valence-corrected chi connectivity index (χ2v) is 7.56. The average Bonchev–Trinajstić information content (AvgIpc) is 3.43. The van der Waals surface area contributed by atoms with E-state index in [1.807, 2.05) is 0 Å². The van der Waals surface area contributed by atoms with Gasteiger partial charge in [0.1, 0.15) is 12.7 Å². The fourth-order valence-electron chi connectivity index (χ4n) is 4.34. The molecule has 0 bridgehead atoms. The van der Waals surface area contributed by atoms with Gasteiger partial charge in [-0.1, -0.05) is 25.0 Å². The van der Waals surface area contributed by atoms with Gasteiger partial charge in [-0.25, -0.2) is 14.7 Å². The first-order valence-corrected chi connectivity index (χ1v) is 9.75. The largest absolute Gasteiger partial charge is 0.357 e. The van der Waals surface area contributed by atoms with E-state index in [9.17, 15) is 0 Å². The number of aromatic nitrogens is 3. The van der Waals surface area contributed by atoms with E-state index in [0.29, 0.717) is 12.0 Å². The quantitative estimate of drug-likeness (QED) is 0.413. The molecule has 2 aromatic rings. The Morgan fingerprint density at radius 3 is 2.63 bits per heavy atom. The molecule has 2 aliphatic rings. The van der Waals surface area contributed by atoms with E-state index in [1.165, 1.54) is 44.2 Å². The van der Waals surface area contributed by atoms with Gasteiger partial charge >= 0.3 is 0 Å². The van der Waals surface area contributed by atoms with Crippen LogP contribution in [-0.4, -0.2) is 45.3 Å². The zero-order valence-corrected chi connectivity index (χ0v) is 18.3. The number of likely N-dealkylation sites (tertiary alicyclic amines) is 1. The van der Waals surface area contributed by atoms with Crippen molar-refractivity contribution in [2.24, 2.45) is 10.4 Å². The van der Waals surface area contributed by atoms with Gasteiger partial charge in [-0.2, -0.15) is 5.10 Å². The van der Waals surface area contributed by atoms with Crippen LogP contribution in [0.25, 0.3) is 5.69 Å². The molecule has 2 fully saturated rings. The van der Waals surface area contributed by atoms with Crippen molar-refractivity contribution in [2.75, 3.05) is 19.6 Å². The summed E-state index contributed by atoms with van der Waals surface area (Å²) in [5, 5.41) is 7.65. The lowest BCUT2D eigenvalue weighted by Gasteiger charge is -2.26. The van der Waals surface area contributed by atoms with E-state index < -0.39 is 0 Å². The number of aliphatic imine (C=N–C) groups is 1. The summed E-state index contributed by atoms with van der Waals surface area (Å²) in [7, 11) is 0. The Kier molecular flexibility index (Phi) is 6.73. The minimum absolute atomic E-state index is 0. The van der Waals surface area contributed by atoms with Crippen molar-refractivity contribution in [2.45, 2.75) is 45.6 Å². The summed E-state index contributed by atoms with van der Waals surface area (Å²) in [4.78, 5) is 11.4. The highest BCUT2D eigenvalue weighted by atomic mass is 127. The van der Waals surface area contributed by atoms with Crippen molar-refractivity contribution in [1.82, 2.24) is 25.0 Å². The highest BCUT2D eigenvalue weighted by Crippen LogP contribution is 2.45. The molecule has 1 aromatic carbocycles. The van der Waals surface area contributed by atoms with Gasteiger partial charge in [0.25, 0.3) is 0 Å². The van der Waals surface area contributed by atoms with Gasteiger partial charge in [0, 0.05) is 19.6 Å². The van der Waals surface area contributed by atoms with Crippen LogP contribution in [-0.2, 0) is 6.54 Å². The number of nitrogens with one attached hydrogen (secondary N) is 1. The maximum Gasteiger partial charge on any atom is 0.194 e. The molecule has 1 N–H and O–H groups in total. The van der Waals surface area contributed by atoms with E-state index in [-0.39, 0.29) is 24.0 Å². The van der Waals surface area contributed by atoms with E-state index in [0.717, 1.165) is 24.7 Å². The molecule has 0 unspecified atom stereocenters. The molecule has 1 saturated carbocycles. The maximum atomic E-state index is 4.91. The topological polar surface area (TPSA) is 58.3 Å². The molecule has 0 atom stereocenters. The molecule has 146 valence electrons. The molecule has 27 heavy (non-hydrogen) atoms. The minimum Gasteiger partial charge on any atom is -0.357 e. The highest BCUT2D eigenvalue weighted by Gasteiger charge is 2.41. The summed E-state index contributed by atoms with van der Waals surface area (Å²) < 4.78 is 1.77. The van der Waals surface area contributed by atoms with Crippen LogP contribution in [0.3, 0.4) is 0 Å². The highest BCUT2D eigenvalue weighted by molar-refractivity contribution is 14.0. The number of nitrogens with zero attached hydrogens (tertiary/aromatic N) is 5. The Morgan fingerprint density at radius 2 is 1.96 bits per heavy atom. The van der Waals surface area contributed by atoms with E-state index >= 15 is 0 Å². The van der Waals surface area contributed by atoms with E-state index in [1.54, 1.807) is 17.3 Å². The van der Waals surface area contributed by atoms with Crippen molar-refractivity contribution in [1.29, 1.82) is 0 Å². The van der Waals surface area contributed by atoms with Gasteiger partial charge < -0.3 is 10.2 Å². The molecule has 1 saturated heterocycles.